The zero-order valence-electron chi connectivity index (χ0n) is 16.6. The number of carbonyl (C=O) groups excluding carboxylic acids is 2. The summed E-state index contributed by atoms with van der Waals surface area (Å²) in [6.45, 7) is 5.70. The van der Waals surface area contributed by atoms with Crippen molar-refractivity contribution in [3.63, 3.8) is 0 Å². The first kappa shape index (κ1) is 21.6. The molecular formula is C18H25N5O4S2. The summed E-state index contributed by atoms with van der Waals surface area (Å²) >= 11 is 0.964. The fourth-order valence-corrected chi connectivity index (χ4v) is 5.59. The number of nitrogens with one attached hydrogen (secondary N) is 2. The minimum atomic E-state index is -3.81. The van der Waals surface area contributed by atoms with E-state index in [1.165, 1.54) is 10.4 Å². The maximum atomic E-state index is 13.2. The molecule has 3 rings (SSSR count). The third-order valence-electron chi connectivity index (χ3n) is 4.80. The normalized spacial score (nSPS) is 19.2. The Balaban J connectivity index is 1.72. The molecular weight excluding hydrogens is 414 g/mol. The SMILES string of the molecule is CC(C)NC(=O)[C@@H](C)NC(=O)[C@H]1CCCN(S(=O)(=O)c2cccc3nsnc23)C1. The third kappa shape index (κ3) is 4.73. The number of sulfonamides is 1. The number of aromatic nitrogens is 2. The summed E-state index contributed by atoms with van der Waals surface area (Å²) in [5.41, 5.74) is 0.885. The van der Waals surface area contributed by atoms with Crippen molar-refractivity contribution >= 4 is 44.6 Å². The van der Waals surface area contributed by atoms with Crippen LogP contribution in [0, 0.1) is 5.92 Å². The van der Waals surface area contributed by atoms with Gasteiger partial charge in [0.1, 0.15) is 22.0 Å². The predicted octanol–water partition coefficient (Wildman–Crippen LogP) is 1.12. The molecule has 2 atom stereocenters. The number of carbonyl (C=O) groups is 2. The van der Waals surface area contributed by atoms with E-state index in [1.54, 1.807) is 19.1 Å². The first-order valence-electron chi connectivity index (χ1n) is 9.52. The minimum absolute atomic E-state index is 0.0277. The van der Waals surface area contributed by atoms with E-state index in [0.717, 1.165) is 11.7 Å². The van der Waals surface area contributed by atoms with Gasteiger partial charge in [0.15, 0.2) is 0 Å². The van der Waals surface area contributed by atoms with Crippen LogP contribution in [0.1, 0.15) is 33.6 Å². The second-order valence-corrected chi connectivity index (χ2v) is 9.92. The third-order valence-corrected chi connectivity index (χ3v) is 7.24. The summed E-state index contributed by atoms with van der Waals surface area (Å²) in [7, 11) is -3.81. The molecule has 1 saturated heterocycles. The van der Waals surface area contributed by atoms with E-state index in [1.807, 2.05) is 13.8 Å². The Morgan fingerprint density at radius 1 is 1.21 bits per heavy atom. The lowest BCUT2D eigenvalue weighted by atomic mass is 9.98. The minimum Gasteiger partial charge on any atom is -0.352 e. The molecule has 9 nitrogen and oxygen atoms in total. The van der Waals surface area contributed by atoms with E-state index in [0.29, 0.717) is 30.4 Å². The lowest BCUT2D eigenvalue weighted by molar-refractivity contribution is -0.131. The van der Waals surface area contributed by atoms with Crippen LogP contribution in [0.15, 0.2) is 23.1 Å². The number of hydrogen-bond acceptors (Lipinski definition) is 7. The Morgan fingerprint density at radius 3 is 2.69 bits per heavy atom. The monoisotopic (exact) mass is 439 g/mol. The molecule has 1 aromatic carbocycles. The number of benzene rings is 1. The number of amides is 2. The Hall–Kier alpha value is -2.11. The standard InChI is InChI=1S/C18H25N5O4S2/c1-11(2)19-17(24)12(3)20-18(25)13-6-5-9-23(10-13)29(26,27)15-8-4-7-14-16(15)22-28-21-14/h4,7-8,11-13H,5-6,9-10H2,1-3H3,(H,19,24)(H,20,25)/t12-,13+/m1/s1. The van der Waals surface area contributed by atoms with Crippen molar-refractivity contribution in [2.75, 3.05) is 13.1 Å². The van der Waals surface area contributed by atoms with Gasteiger partial charge in [-0.15, -0.1) is 0 Å². The topological polar surface area (TPSA) is 121 Å². The molecule has 158 valence electrons. The second kappa shape index (κ2) is 8.72. The van der Waals surface area contributed by atoms with E-state index in [2.05, 4.69) is 19.4 Å². The van der Waals surface area contributed by atoms with Crippen LogP contribution in [0.4, 0.5) is 0 Å². The molecule has 11 heteroatoms. The van der Waals surface area contributed by atoms with Crippen LogP contribution in [-0.4, -0.2) is 58.5 Å². The van der Waals surface area contributed by atoms with E-state index >= 15 is 0 Å². The number of hydrogen-bond donors (Lipinski definition) is 2. The van der Waals surface area contributed by atoms with Gasteiger partial charge in [0, 0.05) is 19.1 Å². The van der Waals surface area contributed by atoms with Crippen LogP contribution in [0.25, 0.3) is 11.0 Å². The summed E-state index contributed by atoms with van der Waals surface area (Å²) in [5, 5.41) is 5.45. The molecule has 0 radical (unpaired) electrons. The summed E-state index contributed by atoms with van der Waals surface area (Å²) in [6, 6.07) is 4.15. The Morgan fingerprint density at radius 2 is 1.97 bits per heavy atom. The van der Waals surface area contributed by atoms with Crippen LogP contribution >= 0.6 is 11.7 Å². The molecule has 2 N–H and O–H groups in total. The Labute approximate surface area is 174 Å². The van der Waals surface area contributed by atoms with E-state index in [-0.39, 0.29) is 29.3 Å². The van der Waals surface area contributed by atoms with Crippen molar-refractivity contribution in [2.24, 2.45) is 5.92 Å². The van der Waals surface area contributed by atoms with Gasteiger partial charge in [-0.05, 0) is 45.7 Å². The summed E-state index contributed by atoms with van der Waals surface area (Å²) in [4.78, 5) is 24.8. The maximum Gasteiger partial charge on any atom is 0.245 e. The van der Waals surface area contributed by atoms with Gasteiger partial charge < -0.3 is 10.6 Å². The van der Waals surface area contributed by atoms with Crippen molar-refractivity contribution in [2.45, 2.75) is 50.6 Å². The van der Waals surface area contributed by atoms with Crippen molar-refractivity contribution in [3.8, 4) is 0 Å². The van der Waals surface area contributed by atoms with Gasteiger partial charge >= 0.3 is 0 Å². The molecule has 0 spiro atoms. The van der Waals surface area contributed by atoms with Gasteiger partial charge in [-0.3, -0.25) is 9.59 Å². The smallest absolute Gasteiger partial charge is 0.245 e. The molecule has 0 unspecified atom stereocenters. The Kier molecular flexibility index (Phi) is 6.49. The van der Waals surface area contributed by atoms with Crippen molar-refractivity contribution in [1.82, 2.24) is 23.7 Å². The molecule has 2 amide bonds. The number of rotatable bonds is 6. The fraction of sp³-hybridized carbons (Fsp3) is 0.556. The molecule has 1 aromatic heterocycles. The Bertz CT molecular complexity index is 1000. The van der Waals surface area contributed by atoms with Gasteiger partial charge in [0.2, 0.25) is 21.8 Å². The lowest BCUT2D eigenvalue weighted by Gasteiger charge is -2.31. The van der Waals surface area contributed by atoms with Crippen molar-refractivity contribution in [1.29, 1.82) is 0 Å². The number of piperidine rings is 1. The summed E-state index contributed by atoms with van der Waals surface area (Å²) in [5.74, 6) is -1.10. The second-order valence-electron chi connectivity index (χ2n) is 7.48. The molecule has 1 aliphatic heterocycles. The molecule has 1 aliphatic rings. The van der Waals surface area contributed by atoms with Gasteiger partial charge in [0.05, 0.1) is 17.6 Å². The van der Waals surface area contributed by atoms with Crippen LogP contribution in [0.2, 0.25) is 0 Å². The highest BCUT2D eigenvalue weighted by Gasteiger charge is 2.35. The molecule has 0 bridgehead atoms. The number of nitrogens with zero attached hydrogens (tertiary/aromatic N) is 3. The maximum absolute atomic E-state index is 13.2. The highest BCUT2D eigenvalue weighted by Crippen LogP contribution is 2.28. The summed E-state index contributed by atoms with van der Waals surface area (Å²) in [6.07, 6.45) is 1.13. The first-order chi connectivity index (χ1) is 13.7. The molecule has 2 aromatic rings. The van der Waals surface area contributed by atoms with E-state index in [9.17, 15) is 18.0 Å². The van der Waals surface area contributed by atoms with Crippen LogP contribution in [-0.2, 0) is 19.6 Å². The van der Waals surface area contributed by atoms with Gasteiger partial charge in [-0.2, -0.15) is 13.1 Å². The van der Waals surface area contributed by atoms with Crippen molar-refractivity contribution in [3.05, 3.63) is 18.2 Å². The van der Waals surface area contributed by atoms with Crippen molar-refractivity contribution < 1.29 is 18.0 Å². The molecule has 2 heterocycles. The van der Waals surface area contributed by atoms with Crippen LogP contribution in [0.3, 0.4) is 0 Å². The van der Waals surface area contributed by atoms with Crippen LogP contribution in [0.5, 0.6) is 0 Å². The molecule has 1 fully saturated rings. The highest BCUT2D eigenvalue weighted by atomic mass is 32.2. The average Bonchev–Trinajstić information content (AvgIpc) is 3.16. The lowest BCUT2D eigenvalue weighted by Crippen LogP contribution is -2.51. The number of fused-ring (bicyclic) bond motifs is 1. The molecule has 0 saturated carbocycles. The van der Waals surface area contributed by atoms with Gasteiger partial charge in [-0.25, -0.2) is 8.42 Å². The van der Waals surface area contributed by atoms with Gasteiger partial charge in [0.25, 0.3) is 0 Å². The van der Waals surface area contributed by atoms with E-state index < -0.39 is 22.0 Å². The van der Waals surface area contributed by atoms with E-state index in [4.69, 9.17) is 0 Å². The first-order valence-corrected chi connectivity index (χ1v) is 11.7. The van der Waals surface area contributed by atoms with Crippen LogP contribution < -0.4 is 10.6 Å². The van der Waals surface area contributed by atoms with Gasteiger partial charge in [-0.1, -0.05) is 6.07 Å². The quantitative estimate of drug-likeness (QED) is 0.696. The zero-order chi connectivity index (χ0) is 21.2. The fourth-order valence-electron chi connectivity index (χ4n) is 3.31. The predicted molar refractivity (Wildman–Crippen MR) is 110 cm³/mol. The highest BCUT2D eigenvalue weighted by molar-refractivity contribution is 7.89. The largest absolute Gasteiger partial charge is 0.352 e. The molecule has 29 heavy (non-hydrogen) atoms. The summed E-state index contributed by atoms with van der Waals surface area (Å²) < 4.78 is 35.9. The average molecular weight is 440 g/mol. The zero-order valence-corrected chi connectivity index (χ0v) is 18.2. The molecule has 0 aliphatic carbocycles.